The van der Waals surface area contributed by atoms with Gasteiger partial charge in [-0.1, -0.05) is 273 Å². The molecule has 0 spiro atoms. The predicted octanol–water partition coefficient (Wildman–Crippen LogP) is 1.34. The molecule has 0 bridgehead atoms. The van der Waals surface area contributed by atoms with Crippen LogP contribution in [-0.2, 0) is 20.1 Å². The standard InChI is InChI=1S/3C18H15P.3HI.Ir/c3*1-4-10-16(11-5-1)19(17-12-6-2-7-13-17)18-14-8-3-9-15-18;;;;/h3*1-15H;3*1H;/q;;;;;;+3/p-3. The van der Waals surface area contributed by atoms with E-state index in [-0.39, 0.29) is 92.0 Å². The zero-order chi connectivity index (χ0) is 38.7. The molecule has 306 valence electrons. The summed E-state index contributed by atoms with van der Waals surface area (Å²) in [6.45, 7) is 0. The van der Waals surface area contributed by atoms with Crippen LogP contribution in [0.2, 0.25) is 0 Å². The van der Waals surface area contributed by atoms with Crippen molar-refractivity contribution < 1.29 is 92.0 Å². The number of benzene rings is 9. The van der Waals surface area contributed by atoms with Gasteiger partial charge >= 0.3 is 20.1 Å². The van der Waals surface area contributed by atoms with Crippen molar-refractivity contribution >= 4 is 71.5 Å². The molecule has 0 aromatic heterocycles. The molecule has 0 fully saturated rings. The van der Waals surface area contributed by atoms with E-state index in [1.54, 1.807) is 0 Å². The second-order valence-electron chi connectivity index (χ2n) is 13.0. The Labute approximate surface area is 431 Å². The van der Waals surface area contributed by atoms with Gasteiger partial charge in [-0.3, -0.25) is 0 Å². The van der Waals surface area contributed by atoms with Gasteiger partial charge in [0.15, 0.2) is 0 Å². The fourth-order valence-electron chi connectivity index (χ4n) is 6.54. The van der Waals surface area contributed by atoms with Crippen molar-refractivity contribution in [2.75, 3.05) is 0 Å². The second kappa shape index (κ2) is 29.5. The van der Waals surface area contributed by atoms with Gasteiger partial charge in [0.05, 0.1) is 0 Å². The number of halogens is 3. The molecule has 61 heavy (non-hydrogen) atoms. The SMILES string of the molecule is [I-].[I-].[I-].[Ir+3].c1ccc(P(c2ccccc2)c2ccccc2)cc1.c1ccc(P(c2ccccc2)c2ccccc2)cc1.c1ccc(P(c2ccccc2)c2ccccc2)cc1. The Bertz CT molecular complexity index is 1880. The summed E-state index contributed by atoms with van der Waals surface area (Å²) in [7, 11) is -1.34. The third-order valence-electron chi connectivity index (χ3n) is 9.13. The minimum atomic E-state index is -0.446. The van der Waals surface area contributed by atoms with Crippen molar-refractivity contribution in [1.82, 2.24) is 0 Å². The fraction of sp³-hybridized carbons (Fsp3) is 0. The largest absolute Gasteiger partial charge is 3.00 e. The monoisotopic (exact) mass is 1360 g/mol. The Morgan fingerprint density at radius 2 is 0.230 bits per heavy atom. The first-order valence-corrected chi connectivity index (χ1v) is 23.2. The first kappa shape index (κ1) is 52.5. The maximum atomic E-state index is 2.23. The molecular formula is C54H45I3IrP3. The molecule has 0 saturated heterocycles. The Balaban J connectivity index is 0.000000236. The van der Waals surface area contributed by atoms with Crippen molar-refractivity contribution in [3.63, 3.8) is 0 Å². The zero-order valence-corrected chi connectivity index (χ0v) is 44.8. The number of rotatable bonds is 9. The van der Waals surface area contributed by atoms with Gasteiger partial charge in [-0.15, -0.1) is 0 Å². The van der Waals surface area contributed by atoms with Crippen LogP contribution >= 0.6 is 23.8 Å². The number of hydrogen-bond donors (Lipinski definition) is 0. The summed E-state index contributed by atoms with van der Waals surface area (Å²) in [6.07, 6.45) is 0. The van der Waals surface area contributed by atoms with E-state index in [1.807, 2.05) is 0 Å². The Morgan fingerprint density at radius 1 is 0.148 bits per heavy atom. The molecule has 9 aromatic carbocycles. The number of hydrogen-bond acceptors (Lipinski definition) is 0. The van der Waals surface area contributed by atoms with Crippen LogP contribution in [0.1, 0.15) is 0 Å². The van der Waals surface area contributed by atoms with E-state index in [4.69, 9.17) is 0 Å². The molecule has 0 aliphatic heterocycles. The van der Waals surface area contributed by atoms with E-state index < -0.39 is 23.8 Å². The first-order chi connectivity index (χ1) is 28.3. The van der Waals surface area contributed by atoms with Crippen molar-refractivity contribution in [3.05, 3.63) is 273 Å². The van der Waals surface area contributed by atoms with Crippen LogP contribution in [0.5, 0.6) is 0 Å². The van der Waals surface area contributed by atoms with Crippen molar-refractivity contribution in [2.24, 2.45) is 0 Å². The van der Waals surface area contributed by atoms with Crippen LogP contribution in [0.4, 0.5) is 0 Å². The maximum absolute atomic E-state index is 2.23. The van der Waals surface area contributed by atoms with Crippen LogP contribution < -0.4 is 120 Å². The molecule has 9 rings (SSSR count). The van der Waals surface area contributed by atoms with Gasteiger partial charge in [0.1, 0.15) is 0 Å². The average molecular weight is 1360 g/mol. The van der Waals surface area contributed by atoms with Crippen LogP contribution in [-0.4, -0.2) is 0 Å². The Hall–Kier alpha value is -2.89. The van der Waals surface area contributed by atoms with Gasteiger partial charge in [0, 0.05) is 0 Å². The van der Waals surface area contributed by atoms with Crippen molar-refractivity contribution in [3.8, 4) is 0 Å². The zero-order valence-electron chi connectivity index (χ0n) is 33.3. The van der Waals surface area contributed by atoms with E-state index in [2.05, 4.69) is 273 Å². The third kappa shape index (κ3) is 15.7. The van der Waals surface area contributed by atoms with Crippen LogP contribution in [0.25, 0.3) is 0 Å². The van der Waals surface area contributed by atoms with Crippen molar-refractivity contribution in [1.29, 1.82) is 0 Å². The Morgan fingerprint density at radius 3 is 0.311 bits per heavy atom. The molecule has 0 atom stereocenters. The quantitative estimate of drug-likeness (QED) is 0.152. The molecule has 0 aliphatic carbocycles. The van der Waals surface area contributed by atoms with Crippen LogP contribution in [0.15, 0.2) is 273 Å². The molecule has 0 nitrogen and oxygen atoms in total. The summed E-state index contributed by atoms with van der Waals surface area (Å²) in [6, 6.07) is 97.0. The molecule has 0 amide bonds. The topological polar surface area (TPSA) is 0 Å². The molecule has 0 saturated carbocycles. The molecule has 7 heteroatoms. The molecule has 0 unspecified atom stereocenters. The molecule has 0 N–H and O–H groups in total. The second-order valence-corrected chi connectivity index (χ2v) is 19.7. The van der Waals surface area contributed by atoms with Crippen molar-refractivity contribution in [2.45, 2.75) is 0 Å². The van der Waals surface area contributed by atoms with Gasteiger partial charge < -0.3 is 71.9 Å². The normalized spacial score (nSPS) is 9.89. The van der Waals surface area contributed by atoms with E-state index in [0.29, 0.717) is 0 Å². The van der Waals surface area contributed by atoms with Gasteiger partial charge in [0.25, 0.3) is 0 Å². The van der Waals surface area contributed by atoms with Crippen LogP contribution in [0, 0.1) is 0 Å². The molecule has 9 aromatic rings. The summed E-state index contributed by atoms with van der Waals surface area (Å²) >= 11 is 0. The van der Waals surface area contributed by atoms with Gasteiger partial charge in [0.2, 0.25) is 0 Å². The van der Waals surface area contributed by atoms with E-state index in [0.717, 1.165) is 0 Å². The summed E-state index contributed by atoms with van der Waals surface area (Å²) in [5, 5.41) is 12.6. The van der Waals surface area contributed by atoms with E-state index in [9.17, 15) is 0 Å². The Kier molecular flexibility index (Phi) is 25.3. The third-order valence-corrected chi connectivity index (χ3v) is 16.5. The minimum Gasteiger partial charge on any atom is -1.00 e. The molecule has 0 radical (unpaired) electrons. The summed E-state index contributed by atoms with van der Waals surface area (Å²) in [4.78, 5) is 0. The first-order valence-electron chi connectivity index (χ1n) is 19.2. The molecular weight excluding hydrogens is 1310 g/mol. The summed E-state index contributed by atoms with van der Waals surface area (Å²) in [5.41, 5.74) is 0. The van der Waals surface area contributed by atoms with Gasteiger partial charge in [-0.05, 0) is 71.5 Å². The van der Waals surface area contributed by atoms with E-state index >= 15 is 0 Å². The maximum Gasteiger partial charge on any atom is 3.00 e. The minimum absolute atomic E-state index is 0. The summed E-state index contributed by atoms with van der Waals surface area (Å²) < 4.78 is 0. The van der Waals surface area contributed by atoms with Gasteiger partial charge in [-0.25, -0.2) is 0 Å². The molecule has 0 heterocycles. The van der Waals surface area contributed by atoms with Gasteiger partial charge in [-0.2, -0.15) is 0 Å². The predicted molar refractivity (Wildman–Crippen MR) is 255 cm³/mol. The van der Waals surface area contributed by atoms with E-state index in [1.165, 1.54) is 47.7 Å². The fourth-order valence-corrected chi connectivity index (χ4v) is 13.5. The summed E-state index contributed by atoms with van der Waals surface area (Å²) in [5.74, 6) is 0. The smallest absolute Gasteiger partial charge is 1.00 e. The average Bonchev–Trinajstić information content (AvgIpc) is 3.30. The molecule has 0 aliphatic rings. The van der Waals surface area contributed by atoms with Crippen LogP contribution in [0.3, 0.4) is 0 Å².